The Morgan fingerprint density at radius 1 is 1.00 bits per heavy atom. The van der Waals surface area contributed by atoms with Crippen molar-refractivity contribution >= 4 is 0 Å². The largest absolute Gasteiger partial charge is 0.392 e. The van der Waals surface area contributed by atoms with E-state index in [1.54, 1.807) is 13.0 Å². The van der Waals surface area contributed by atoms with E-state index in [4.69, 9.17) is 0 Å². The van der Waals surface area contributed by atoms with Crippen molar-refractivity contribution in [1.29, 1.82) is 0 Å². The highest BCUT2D eigenvalue weighted by Gasteiger charge is 2.44. The van der Waals surface area contributed by atoms with Gasteiger partial charge in [0.25, 0.3) is 0 Å². The van der Waals surface area contributed by atoms with Gasteiger partial charge in [0.05, 0.1) is 6.10 Å². The summed E-state index contributed by atoms with van der Waals surface area (Å²) in [6, 6.07) is 0. The van der Waals surface area contributed by atoms with Crippen molar-refractivity contribution in [3.05, 3.63) is 46.0 Å². The summed E-state index contributed by atoms with van der Waals surface area (Å²) in [4.78, 5) is 0. The fourth-order valence-electron chi connectivity index (χ4n) is 3.04. The standard InChI is InChI=1S/C13H10F4O/c1-4-2-6-7(18)3-5(4)8-9(6)11(15)13(17)12(16)10(8)14/h2,5-7,18H,3H2,1H3. The molecule has 0 spiro atoms. The lowest BCUT2D eigenvalue weighted by molar-refractivity contribution is 0.123. The van der Waals surface area contributed by atoms with Gasteiger partial charge < -0.3 is 5.11 Å². The van der Waals surface area contributed by atoms with Gasteiger partial charge in [0, 0.05) is 23.0 Å². The zero-order chi connectivity index (χ0) is 13.2. The fraction of sp³-hybridized carbons (Fsp3) is 0.385. The van der Waals surface area contributed by atoms with E-state index < -0.39 is 41.2 Å². The van der Waals surface area contributed by atoms with Gasteiger partial charge in [-0.1, -0.05) is 11.6 Å². The van der Waals surface area contributed by atoms with Gasteiger partial charge in [-0.25, -0.2) is 17.6 Å². The van der Waals surface area contributed by atoms with Crippen LogP contribution in [0.1, 0.15) is 36.3 Å². The second-order valence-corrected chi connectivity index (χ2v) is 4.88. The van der Waals surface area contributed by atoms with Gasteiger partial charge in [-0.15, -0.1) is 0 Å². The third-order valence-corrected chi connectivity index (χ3v) is 3.91. The van der Waals surface area contributed by atoms with E-state index in [0.29, 0.717) is 0 Å². The smallest absolute Gasteiger partial charge is 0.197 e. The minimum atomic E-state index is -1.81. The minimum absolute atomic E-state index is 0.137. The van der Waals surface area contributed by atoms with Gasteiger partial charge >= 0.3 is 0 Å². The second kappa shape index (κ2) is 3.57. The highest BCUT2D eigenvalue weighted by molar-refractivity contribution is 5.50. The Hall–Kier alpha value is -1.36. The molecule has 18 heavy (non-hydrogen) atoms. The van der Waals surface area contributed by atoms with E-state index in [0.717, 1.165) is 5.57 Å². The second-order valence-electron chi connectivity index (χ2n) is 4.88. The maximum Gasteiger partial charge on any atom is 0.197 e. The first kappa shape index (κ1) is 11.7. The van der Waals surface area contributed by atoms with Gasteiger partial charge in [-0.3, -0.25) is 0 Å². The number of fused-ring (bicyclic) bond motifs is 1. The summed E-state index contributed by atoms with van der Waals surface area (Å²) in [6.07, 6.45) is 0.924. The SMILES string of the molecule is CC1=CC2c3c(F)c(F)c(F)c(F)c3C1CC2O. The lowest BCUT2D eigenvalue weighted by atomic mass is 9.66. The molecule has 1 N–H and O–H groups in total. The van der Waals surface area contributed by atoms with Crippen LogP contribution in [0.3, 0.4) is 0 Å². The van der Waals surface area contributed by atoms with Gasteiger partial charge in [-0.05, 0) is 13.3 Å². The summed E-state index contributed by atoms with van der Waals surface area (Å²) in [6.45, 7) is 1.71. The Balaban J connectivity index is 2.37. The van der Waals surface area contributed by atoms with Crippen LogP contribution in [0.5, 0.6) is 0 Å². The molecule has 3 aliphatic rings. The first-order chi connectivity index (χ1) is 8.43. The molecule has 0 saturated carbocycles. The number of allylic oxidation sites excluding steroid dienone is 1. The van der Waals surface area contributed by atoms with Crippen molar-refractivity contribution < 1.29 is 22.7 Å². The van der Waals surface area contributed by atoms with E-state index in [1.807, 2.05) is 0 Å². The number of rotatable bonds is 0. The molecule has 0 heterocycles. The molecule has 1 nitrogen and oxygen atoms in total. The van der Waals surface area contributed by atoms with Crippen LogP contribution in [0, 0.1) is 23.3 Å². The Morgan fingerprint density at radius 2 is 1.56 bits per heavy atom. The molecule has 96 valence electrons. The molecule has 0 saturated heterocycles. The number of aliphatic hydroxyl groups excluding tert-OH is 1. The average Bonchev–Trinajstić information content (AvgIpc) is 2.34. The summed E-state index contributed by atoms with van der Waals surface area (Å²) in [5.74, 6) is -7.68. The van der Waals surface area contributed by atoms with E-state index in [9.17, 15) is 22.7 Å². The molecule has 3 aliphatic carbocycles. The summed E-state index contributed by atoms with van der Waals surface area (Å²) in [7, 11) is 0. The van der Waals surface area contributed by atoms with Crippen molar-refractivity contribution in [3.63, 3.8) is 0 Å². The molecule has 1 aromatic rings. The Labute approximate surface area is 101 Å². The molecule has 0 fully saturated rings. The Kier molecular flexibility index (Phi) is 2.32. The Bertz CT molecular complexity index is 579. The number of aliphatic hydroxyl groups is 1. The molecule has 0 radical (unpaired) electrons. The average molecular weight is 258 g/mol. The van der Waals surface area contributed by atoms with Crippen LogP contribution in [0.15, 0.2) is 11.6 Å². The van der Waals surface area contributed by atoms with Crippen molar-refractivity contribution in [2.75, 3.05) is 0 Å². The van der Waals surface area contributed by atoms with Crippen LogP contribution in [0.4, 0.5) is 17.6 Å². The molecule has 4 rings (SSSR count). The Morgan fingerprint density at radius 3 is 2.17 bits per heavy atom. The minimum Gasteiger partial charge on any atom is -0.392 e. The van der Waals surface area contributed by atoms with E-state index in [1.165, 1.54) is 0 Å². The van der Waals surface area contributed by atoms with Crippen molar-refractivity contribution in [3.8, 4) is 0 Å². The molecular formula is C13H10F4O. The highest BCUT2D eigenvalue weighted by atomic mass is 19.2. The predicted molar refractivity (Wildman–Crippen MR) is 56.1 cm³/mol. The number of halogens is 4. The zero-order valence-corrected chi connectivity index (χ0v) is 9.48. The van der Waals surface area contributed by atoms with E-state index >= 15 is 0 Å². The van der Waals surface area contributed by atoms with Gasteiger partial charge in [0.2, 0.25) is 0 Å². The maximum absolute atomic E-state index is 13.8. The van der Waals surface area contributed by atoms with Crippen LogP contribution in [0.2, 0.25) is 0 Å². The van der Waals surface area contributed by atoms with Crippen LogP contribution < -0.4 is 0 Å². The van der Waals surface area contributed by atoms with Crippen molar-refractivity contribution in [1.82, 2.24) is 0 Å². The molecule has 2 bridgehead atoms. The first-order valence-corrected chi connectivity index (χ1v) is 5.65. The van der Waals surface area contributed by atoms with Gasteiger partial charge in [-0.2, -0.15) is 0 Å². The summed E-state index contributed by atoms with van der Waals surface area (Å²) >= 11 is 0. The summed E-state index contributed by atoms with van der Waals surface area (Å²) < 4.78 is 54.0. The van der Waals surface area contributed by atoms with Crippen molar-refractivity contribution in [2.24, 2.45) is 0 Å². The molecule has 3 atom stereocenters. The van der Waals surface area contributed by atoms with E-state index in [2.05, 4.69) is 0 Å². The molecule has 3 unspecified atom stereocenters. The predicted octanol–water partition coefficient (Wildman–Crippen LogP) is 3.13. The highest BCUT2D eigenvalue weighted by Crippen LogP contribution is 2.51. The lowest BCUT2D eigenvalue weighted by Crippen LogP contribution is -2.34. The quantitative estimate of drug-likeness (QED) is 0.328. The molecule has 0 aliphatic heterocycles. The van der Waals surface area contributed by atoms with Gasteiger partial charge in [0.1, 0.15) is 0 Å². The third kappa shape index (κ3) is 1.25. The number of hydrogen-bond donors (Lipinski definition) is 1. The molecular weight excluding hydrogens is 248 g/mol. The fourth-order valence-corrected chi connectivity index (χ4v) is 3.04. The lowest BCUT2D eigenvalue weighted by Gasteiger charge is -2.40. The topological polar surface area (TPSA) is 20.2 Å². The van der Waals surface area contributed by atoms with Crippen molar-refractivity contribution in [2.45, 2.75) is 31.3 Å². The monoisotopic (exact) mass is 258 g/mol. The van der Waals surface area contributed by atoms with Crippen LogP contribution in [0.25, 0.3) is 0 Å². The third-order valence-electron chi connectivity index (χ3n) is 3.91. The van der Waals surface area contributed by atoms with Crippen LogP contribution in [-0.4, -0.2) is 11.2 Å². The number of hydrogen-bond acceptors (Lipinski definition) is 1. The molecule has 1 aromatic carbocycles. The molecule has 0 aromatic heterocycles. The number of benzene rings is 1. The van der Waals surface area contributed by atoms with E-state index in [-0.39, 0.29) is 17.5 Å². The normalized spacial score (nSPS) is 29.2. The van der Waals surface area contributed by atoms with Crippen LogP contribution in [-0.2, 0) is 0 Å². The summed E-state index contributed by atoms with van der Waals surface area (Å²) in [5, 5.41) is 9.79. The summed E-state index contributed by atoms with van der Waals surface area (Å²) in [5.41, 5.74) is 0.379. The molecule has 0 amide bonds. The van der Waals surface area contributed by atoms with Gasteiger partial charge in [0.15, 0.2) is 23.3 Å². The van der Waals surface area contributed by atoms with Crippen LogP contribution >= 0.6 is 0 Å². The maximum atomic E-state index is 13.8. The molecule has 5 heteroatoms. The first-order valence-electron chi connectivity index (χ1n) is 5.65. The zero-order valence-electron chi connectivity index (χ0n) is 9.48.